The predicted octanol–water partition coefficient (Wildman–Crippen LogP) is 3.67. The molecule has 0 spiro atoms. The van der Waals surface area contributed by atoms with Crippen molar-refractivity contribution in [3.05, 3.63) is 99.4 Å². The van der Waals surface area contributed by atoms with E-state index in [1.807, 2.05) is 66.9 Å². The van der Waals surface area contributed by atoms with Crippen molar-refractivity contribution in [2.75, 3.05) is 0 Å². The number of fused-ring (bicyclic) bond motifs is 1. The molecule has 4 aromatic rings. The van der Waals surface area contributed by atoms with Crippen LogP contribution < -0.4 is 10.9 Å². The average Bonchev–Trinajstić information content (AvgIpc) is 3.19. The van der Waals surface area contributed by atoms with Crippen molar-refractivity contribution in [2.24, 2.45) is 0 Å². The minimum atomic E-state index is -0.289. The van der Waals surface area contributed by atoms with E-state index in [9.17, 15) is 9.59 Å². The number of thiophene rings is 1. The van der Waals surface area contributed by atoms with Crippen LogP contribution in [0.4, 0.5) is 0 Å². The summed E-state index contributed by atoms with van der Waals surface area (Å²) in [6.45, 7) is 1.95. The Morgan fingerprint density at radius 3 is 2.54 bits per heavy atom. The number of rotatable bonds is 5. The molecule has 1 N–H and O–H groups in total. The third-order valence-corrected chi connectivity index (χ3v) is 5.43. The first-order valence-electron chi connectivity index (χ1n) is 8.95. The van der Waals surface area contributed by atoms with Crippen molar-refractivity contribution in [2.45, 2.75) is 19.5 Å². The first-order valence-corrected chi connectivity index (χ1v) is 9.83. The molecule has 0 saturated heterocycles. The molecule has 0 saturated carbocycles. The number of aromatic nitrogens is 2. The summed E-state index contributed by atoms with van der Waals surface area (Å²) in [6.07, 6.45) is 1.43. The molecule has 0 aliphatic carbocycles. The summed E-state index contributed by atoms with van der Waals surface area (Å²) in [5.41, 5.74) is 2.93. The molecular weight excluding hydrogens is 370 g/mol. The molecule has 1 amide bonds. The van der Waals surface area contributed by atoms with E-state index in [-0.39, 0.29) is 24.1 Å². The van der Waals surface area contributed by atoms with E-state index in [1.54, 1.807) is 6.07 Å². The molecule has 2 aromatic heterocycles. The number of aryl methyl sites for hydroxylation is 1. The zero-order valence-electron chi connectivity index (χ0n) is 15.3. The Hall–Kier alpha value is -3.25. The molecule has 0 bridgehead atoms. The smallest absolute Gasteiger partial charge is 0.262 e. The van der Waals surface area contributed by atoms with Crippen LogP contribution in [0, 0.1) is 6.92 Å². The highest BCUT2D eigenvalue weighted by Crippen LogP contribution is 2.22. The second kappa shape index (κ2) is 7.78. The SMILES string of the molecule is Cc1ccc(C(NC(=O)Cn2cnc3sccc3c2=O)c2ccccc2)cc1. The molecule has 6 heteroatoms. The summed E-state index contributed by atoms with van der Waals surface area (Å²) in [4.78, 5) is 30.3. The lowest BCUT2D eigenvalue weighted by Crippen LogP contribution is -2.35. The van der Waals surface area contributed by atoms with E-state index in [1.165, 1.54) is 22.2 Å². The van der Waals surface area contributed by atoms with Crippen LogP contribution in [0.3, 0.4) is 0 Å². The highest BCUT2D eigenvalue weighted by molar-refractivity contribution is 7.16. The number of hydrogen-bond acceptors (Lipinski definition) is 4. The quantitative estimate of drug-likeness (QED) is 0.566. The average molecular weight is 389 g/mol. The highest BCUT2D eigenvalue weighted by atomic mass is 32.1. The monoisotopic (exact) mass is 389 g/mol. The van der Waals surface area contributed by atoms with Crippen LogP contribution in [-0.2, 0) is 11.3 Å². The van der Waals surface area contributed by atoms with Crippen molar-refractivity contribution >= 4 is 27.5 Å². The molecule has 5 nitrogen and oxygen atoms in total. The minimum Gasteiger partial charge on any atom is -0.344 e. The van der Waals surface area contributed by atoms with Gasteiger partial charge in [0.25, 0.3) is 5.56 Å². The van der Waals surface area contributed by atoms with E-state index < -0.39 is 0 Å². The Balaban J connectivity index is 1.60. The molecule has 0 aliphatic rings. The molecule has 0 radical (unpaired) electrons. The summed E-state index contributed by atoms with van der Waals surface area (Å²) in [7, 11) is 0. The standard InChI is InChI=1S/C22H19N3O2S/c1-15-7-9-17(10-8-15)20(16-5-3-2-4-6-16)24-19(26)13-25-14-23-21-18(22(25)27)11-12-28-21/h2-12,14,20H,13H2,1H3,(H,24,26). The van der Waals surface area contributed by atoms with Crippen LogP contribution in [-0.4, -0.2) is 15.5 Å². The number of amides is 1. The van der Waals surface area contributed by atoms with E-state index in [0.29, 0.717) is 10.2 Å². The molecule has 1 unspecified atom stereocenters. The maximum atomic E-state index is 12.8. The van der Waals surface area contributed by atoms with E-state index in [2.05, 4.69) is 10.3 Å². The van der Waals surface area contributed by atoms with Crippen molar-refractivity contribution in [1.82, 2.24) is 14.9 Å². The fourth-order valence-electron chi connectivity index (χ4n) is 3.13. The van der Waals surface area contributed by atoms with Gasteiger partial charge in [-0.25, -0.2) is 4.98 Å². The van der Waals surface area contributed by atoms with Crippen molar-refractivity contribution in [3.63, 3.8) is 0 Å². The van der Waals surface area contributed by atoms with Gasteiger partial charge in [0.05, 0.1) is 17.8 Å². The first kappa shape index (κ1) is 18.1. The lowest BCUT2D eigenvalue weighted by molar-refractivity contribution is -0.122. The van der Waals surface area contributed by atoms with Crippen LogP contribution in [0.5, 0.6) is 0 Å². The number of benzene rings is 2. The van der Waals surface area contributed by atoms with Crippen molar-refractivity contribution in [1.29, 1.82) is 0 Å². The molecule has 1 atom stereocenters. The van der Waals surface area contributed by atoms with Crippen molar-refractivity contribution < 1.29 is 4.79 Å². The fraction of sp³-hybridized carbons (Fsp3) is 0.136. The Labute approximate surface area is 166 Å². The molecular formula is C22H19N3O2S. The van der Waals surface area contributed by atoms with Gasteiger partial charge in [-0.15, -0.1) is 11.3 Å². The van der Waals surface area contributed by atoms with Gasteiger partial charge in [-0.1, -0.05) is 60.2 Å². The maximum absolute atomic E-state index is 12.8. The van der Waals surface area contributed by atoms with E-state index in [0.717, 1.165) is 16.7 Å². The Morgan fingerprint density at radius 2 is 1.79 bits per heavy atom. The predicted molar refractivity (Wildman–Crippen MR) is 111 cm³/mol. The van der Waals surface area contributed by atoms with Crippen LogP contribution >= 0.6 is 11.3 Å². The van der Waals surface area contributed by atoms with Crippen LogP contribution in [0.15, 0.2) is 77.2 Å². The van der Waals surface area contributed by atoms with Gasteiger partial charge in [0.1, 0.15) is 11.4 Å². The van der Waals surface area contributed by atoms with Gasteiger partial charge < -0.3 is 5.32 Å². The van der Waals surface area contributed by atoms with Crippen molar-refractivity contribution in [3.8, 4) is 0 Å². The van der Waals surface area contributed by atoms with Crippen LogP contribution in [0.1, 0.15) is 22.7 Å². The van der Waals surface area contributed by atoms with Gasteiger partial charge in [0.15, 0.2) is 0 Å². The van der Waals surface area contributed by atoms with Gasteiger partial charge >= 0.3 is 0 Å². The zero-order valence-corrected chi connectivity index (χ0v) is 16.1. The number of nitrogens with zero attached hydrogens (tertiary/aromatic N) is 2. The lowest BCUT2D eigenvalue weighted by atomic mass is 9.98. The van der Waals surface area contributed by atoms with Gasteiger partial charge in [-0.3, -0.25) is 14.2 Å². The van der Waals surface area contributed by atoms with Crippen LogP contribution in [0.25, 0.3) is 10.2 Å². The Kier molecular flexibility index (Phi) is 5.04. The second-order valence-corrected chi connectivity index (χ2v) is 7.53. The molecule has 0 aliphatic heterocycles. The molecule has 2 aromatic carbocycles. The normalized spacial score (nSPS) is 12.0. The van der Waals surface area contributed by atoms with Gasteiger partial charge in [-0.05, 0) is 29.5 Å². The Bertz CT molecular complexity index is 1160. The third kappa shape index (κ3) is 3.73. The van der Waals surface area contributed by atoms with Gasteiger partial charge in [0, 0.05) is 0 Å². The number of carbonyl (C=O) groups is 1. The minimum absolute atomic E-state index is 0.0766. The molecule has 0 fully saturated rings. The highest BCUT2D eigenvalue weighted by Gasteiger charge is 2.17. The molecule has 2 heterocycles. The molecule has 140 valence electrons. The second-order valence-electron chi connectivity index (χ2n) is 6.64. The summed E-state index contributed by atoms with van der Waals surface area (Å²) < 4.78 is 1.35. The number of carbonyl (C=O) groups excluding carboxylic acids is 1. The topological polar surface area (TPSA) is 64.0 Å². The first-order chi connectivity index (χ1) is 13.6. The van der Waals surface area contributed by atoms with Gasteiger partial charge in [0.2, 0.25) is 5.91 Å². The number of nitrogens with one attached hydrogen (secondary N) is 1. The van der Waals surface area contributed by atoms with E-state index in [4.69, 9.17) is 0 Å². The summed E-state index contributed by atoms with van der Waals surface area (Å²) >= 11 is 1.41. The summed E-state index contributed by atoms with van der Waals surface area (Å²) in [5.74, 6) is -0.243. The van der Waals surface area contributed by atoms with Gasteiger partial charge in [-0.2, -0.15) is 0 Å². The largest absolute Gasteiger partial charge is 0.344 e. The zero-order chi connectivity index (χ0) is 19.5. The maximum Gasteiger partial charge on any atom is 0.262 e. The van der Waals surface area contributed by atoms with E-state index >= 15 is 0 Å². The molecule has 28 heavy (non-hydrogen) atoms. The fourth-order valence-corrected chi connectivity index (χ4v) is 3.85. The summed E-state index contributed by atoms with van der Waals surface area (Å²) in [6, 6.07) is 19.3. The third-order valence-electron chi connectivity index (χ3n) is 4.61. The Morgan fingerprint density at radius 1 is 1.07 bits per heavy atom. The molecule has 4 rings (SSSR count). The summed E-state index contributed by atoms with van der Waals surface area (Å²) in [5, 5.41) is 5.43. The number of hydrogen-bond donors (Lipinski definition) is 1. The lowest BCUT2D eigenvalue weighted by Gasteiger charge is -2.20. The van der Waals surface area contributed by atoms with Crippen LogP contribution in [0.2, 0.25) is 0 Å².